The molecule has 0 aliphatic rings. The van der Waals surface area contributed by atoms with Crippen molar-refractivity contribution in [1.29, 1.82) is 0 Å². The van der Waals surface area contributed by atoms with Gasteiger partial charge in [0.2, 0.25) is 0 Å². The number of Topliss-reactive ketones (excluding diaryl/α,β-unsaturated/α-hetero) is 1. The highest BCUT2D eigenvalue weighted by atomic mass is 16.6. The maximum Gasteiger partial charge on any atom is 0.311 e. The molecule has 0 amide bonds. The second-order valence-corrected chi connectivity index (χ2v) is 2.97. The number of phenols is 1. The first-order valence-electron chi connectivity index (χ1n) is 3.92. The zero-order chi connectivity index (χ0) is 10.9. The van der Waals surface area contributed by atoms with E-state index >= 15 is 0 Å². The molecule has 0 radical (unpaired) electrons. The van der Waals surface area contributed by atoms with Crippen LogP contribution in [-0.2, 0) is 0 Å². The highest BCUT2D eigenvalue weighted by Gasteiger charge is 2.17. The first-order chi connectivity index (χ1) is 6.43. The second kappa shape index (κ2) is 3.45. The molecule has 0 heterocycles. The van der Waals surface area contributed by atoms with Crippen LogP contribution < -0.4 is 0 Å². The summed E-state index contributed by atoms with van der Waals surface area (Å²) in [7, 11) is 0. The number of nitro groups is 1. The minimum atomic E-state index is -0.688. The summed E-state index contributed by atoms with van der Waals surface area (Å²) in [6.07, 6.45) is 0. The van der Waals surface area contributed by atoms with Gasteiger partial charge in [-0.15, -0.1) is 0 Å². The van der Waals surface area contributed by atoms with Crippen molar-refractivity contribution >= 4 is 11.5 Å². The lowest BCUT2D eigenvalue weighted by molar-refractivity contribution is -0.385. The number of phenolic OH excluding ortho intramolecular Hbond substituents is 1. The van der Waals surface area contributed by atoms with Crippen molar-refractivity contribution in [2.24, 2.45) is 0 Å². The molecule has 0 aliphatic carbocycles. The van der Waals surface area contributed by atoms with Crippen LogP contribution >= 0.6 is 0 Å². The van der Waals surface area contributed by atoms with Crippen molar-refractivity contribution in [3.05, 3.63) is 33.4 Å². The molecule has 1 N–H and O–H groups in total. The molecule has 5 heteroatoms. The number of hydrogen-bond acceptors (Lipinski definition) is 4. The third kappa shape index (κ3) is 1.71. The Morgan fingerprint density at radius 3 is 2.50 bits per heavy atom. The van der Waals surface area contributed by atoms with E-state index < -0.39 is 10.7 Å². The standard InChI is InChI=1S/C9H9NO4/c1-5-3-8(10(13)14)9(12)4-7(5)6(2)11/h3-4,12H,1-2H3. The zero-order valence-electron chi connectivity index (χ0n) is 7.77. The van der Waals surface area contributed by atoms with E-state index in [2.05, 4.69) is 0 Å². The Hall–Kier alpha value is -1.91. The van der Waals surface area contributed by atoms with E-state index in [1.165, 1.54) is 13.0 Å². The Morgan fingerprint density at radius 1 is 1.50 bits per heavy atom. The van der Waals surface area contributed by atoms with Crippen LogP contribution in [0.1, 0.15) is 22.8 Å². The summed E-state index contributed by atoms with van der Waals surface area (Å²) in [5, 5.41) is 19.7. The monoisotopic (exact) mass is 195 g/mol. The fraction of sp³-hybridized carbons (Fsp3) is 0.222. The summed E-state index contributed by atoms with van der Waals surface area (Å²) in [6, 6.07) is 2.31. The Labute approximate surface area is 80.1 Å². The number of carbonyl (C=O) groups excluding carboxylic acids is 1. The Balaban J connectivity index is 3.38. The third-order valence-corrected chi connectivity index (χ3v) is 1.90. The van der Waals surface area contributed by atoms with Gasteiger partial charge in [-0.3, -0.25) is 14.9 Å². The van der Waals surface area contributed by atoms with E-state index in [1.807, 2.05) is 0 Å². The Morgan fingerprint density at radius 2 is 2.07 bits per heavy atom. The van der Waals surface area contributed by atoms with Crippen LogP contribution in [0.25, 0.3) is 0 Å². The average molecular weight is 195 g/mol. The smallest absolute Gasteiger partial charge is 0.311 e. The molecule has 0 bridgehead atoms. The summed E-state index contributed by atoms with van der Waals surface area (Å²) in [6.45, 7) is 2.93. The van der Waals surface area contributed by atoms with Gasteiger partial charge in [0.15, 0.2) is 11.5 Å². The molecule has 74 valence electrons. The number of nitrogens with zero attached hydrogens (tertiary/aromatic N) is 1. The molecule has 0 aromatic heterocycles. The van der Waals surface area contributed by atoms with Crippen LogP contribution in [0.5, 0.6) is 5.75 Å². The van der Waals surface area contributed by atoms with E-state index in [-0.39, 0.29) is 11.5 Å². The summed E-state index contributed by atoms with van der Waals surface area (Å²) >= 11 is 0. The largest absolute Gasteiger partial charge is 0.502 e. The van der Waals surface area contributed by atoms with Crippen LogP contribution in [0.3, 0.4) is 0 Å². The van der Waals surface area contributed by atoms with Gasteiger partial charge < -0.3 is 5.11 Å². The van der Waals surface area contributed by atoms with Crippen molar-refractivity contribution in [3.8, 4) is 5.75 Å². The maximum atomic E-state index is 11.0. The van der Waals surface area contributed by atoms with Gasteiger partial charge in [0.25, 0.3) is 0 Å². The number of ketones is 1. The van der Waals surface area contributed by atoms with Crippen LogP contribution in [0.4, 0.5) is 5.69 Å². The van der Waals surface area contributed by atoms with Gasteiger partial charge in [0.1, 0.15) is 0 Å². The van der Waals surface area contributed by atoms with Gasteiger partial charge in [-0.2, -0.15) is 0 Å². The summed E-state index contributed by atoms with van der Waals surface area (Å²) in [5.41, 5.74) is 0.405. The average Bonchev–Trinajstić information content (AvgIpc) is 2.07. The van der Waals surface area contributed by atoms with Crippen molar-refractivity contribution < 1.29 is 14.8 Å². The van der Waals surface area contributed by atoms with Gasteiger partial charge in [0, 0.05) is 11.6 Å². The number of aromatic hydroxyl groups is 1. The van der Waals surface area contributed by atoms with E-state index in [0.29, 0.717) is 11.1 Å². The summed E-state index contributed by atoms with van der Waals surface area (Å²) < 4.78 is 0. The molecule has 0 fully saturated rings. The number of rotatable bonds is 2. The van der Waals surface area contributed by atoms with Crippen LogP contribution in [-0.4, -0.2) is 15.8 Å². The van der Waals surface area contributed by atoms with Crippen molar-refractivity contribution in [2.45, 2.75) is 13.8 Å². The number of benzene rings is 1. The van der Waals surface area contributed by atoms with Crippen LogP contribution in [0.15, 0.2) is 12.1 Å². The second-order valence-electron chi connectivity index (χ2n) is 2.97. The SMILES string of the molecule is CC(=O)c1cc(O)c([N+](=O)[O-])cc1C. The van der Waals surface area contributed by atoms with E-state index in [1.54, 1.807) is 6.92 Å². The normalized spacial score (nSPS) is 9.86. The zero-order valence-corrected chi connectivity index (χ0v) is 7.77. The first kappa shape index (κ1) is 10.2. The topological polar surface area (TPSA) is 80.4 Å². The van der Waals surface area contributed by atoms with E-state index in [0.717, 1.165) is 6.07 Å². The molecule has 14 heavy (non-hydrogen) atoms. The third-order valence-electron chi connectivity index (χ3n) is 1.90. The minimum absolute atomic E-state index is 0.229. The number of carbonyl (C=O) groups is 1. The Kier molecular flexibility index (Phi) is 2.51. The van der Waals surface area contributed by atoms with Gasteiger partial charge in [-0.25, -0.2) is 0 Å². The maximum absolute atomic E-state index is 11.0. The molecular weight excluding hydrogens is 186 g/mol. The van der Waals surface area contributed by atoms with E-state index in [9.17, 15) is 20.0 Å². The number of aryl methyl sites for hydroxylation is 1. The fourth-order valence-corrected chi connectivity index (χ4v) is 1.21. The predicted molar refractivity (Wildman–Crippen MR) is 49.5 cm³/mol. The number of hydrogen-bond donors (Lipinski definition) is 1. The molecule has 1 aromatic carbocycles. The molecule has 1 rings (SSSR count). The van der Waals surface area contributed by atoms with Gasteiger partial charge in [0.05, 0.1) is 4.92 Å². The quantitative estimate of drug-likeness (QED) is 0.443. The summed E-state index contributed by atoms with van der Waals surface area (Å²) in [4.78, 5) is 20.7. The van der Waals surface area contributed by atoms with Gasteiger partial charge >= 0.3 is 5.69 Å². The molecule has 0 saturated heterocycles. The highest BCUT2D eigenvalue weighted by Crippen LogP contribution is 2.29. The molecule has 0 atom stereocenters. The molecule has 0 saturated carbocycles. The molecule has 0 unspecified atom stereocenters. The lowest BCUT2D eigenvalue weighted by Crippen LogP contribution is -1.98. The molecule has 0 aliphatic heterocycles. The highest BCUT2D eigenvalue weighted by molar-refractivity contribution is 5.96. The fourth-order valence-electron chi connectivity index (χ4n) is 1.21. The molecule has 1 aromatic rings. The van der Waals surface area contributed by atoms with E-state index in [4.69, 9.17) is 0 Å². The van der Waals surface area contributed by atoms with Gasteiger partial charge in [-0.1, -0.05) is 0 Å². The Bertz CT molecular complexity index is 372. The summed E-state index contributed by atoms with van der Waals surface area (Å²) in [5.74, 6) is -0.710. The lowest BCUT2D eigenvalue weighted by atomic mass is 10.0. The van der Waals surface area contributed by atoms with Crippen LogP contribution in [0, 0.1) is 17.0 Å². The van der Waals surface area contributed by atoms with Crippen molar-refractivity contribution in [2.75, 3.05) is 0 Å². The van der Waals surface area contributed by atoms with Crippen molar-refractivity contribution in [1.82, 2.24) is 0 Å². The minimum Gasteiger partial charge on any atom is -0.502 e. The predicted octanol–water partition coefficient (Wildman–Crippen LogP) is 1.81. The van der Waals surface area contributed by atoms with Crippen LogP contribution in [0.2, 0.25) is 0 Å². The molecular formula is C9H9NO4. The van der Waals surface area contributed by atoms with Gasteiger partial charge in [-0.05, 0) is 25.5 Å². The number of nitro benzene ring substituents is 1. The first-order valence-corrected chi connectivity index (χ1v) is 3.92. The molecule has 0 spiro atoms. The molecule has 5 nitrogen and oxygen atoms in total. The lowest BCUT2D eigenvalue weighted by Gasteiger charge is -2.02. The van der Waals surface area contributed by atoms with Crippen molar-refractivity contribution in [3.63, 3.8) is 0 Å².